The molecule has 0 radical (unpaired) electrons. The quantitative estimate of drug-likeness (QED) is 0.461. The second kappa shape index (κ2) is 2.45. The summed E-state index contributed by atoms with van der Waals surface area (Å²) in [6, 6.07) is -0.429. The van der Waals surface area contributed by atoms with E-state index in [0.29, 0.717) is 12.8 Å². The smallest absolute Gasteiger partial charge is 0.244 e. The molecule has 2 aliphatic heterocycles. The van der Waals surface area contributed by atoms with Crippen LogP contribution in [-0.2, 0) is 9.59 Å². The number of fused-ring (bicyclic) bond motifs is 1. The SMILES string of the molecule is O=C1NCC(=O)N2C(O)CC[C@@H]12. The fourth-order valence-corrected chi connectivity index (χ4v) is 1.76. The van der Waals surface area contributed by atoms with Crippen LogP contribution in [0.4, 0.5) is 0 Å². The van der Waals surface area contributed by atoms with Gasteiger partial charge in [0.05, 0.1) is 6.54 Å². The highest BCUT2D eigenvalue weighted by Gasteiger charge is 2.42. The van der Waals surface area contributed by atoms with E-state index in [2.05, 4.69) is 5.32 Å². The van der Waals surface area contributed by atoms with E-state index in [4.69, 9.17) is 0 Å². The van der Waals surface area contributed by atoms with Gasteiger partial charge in [0.15, 0.2) is 0 Å². The number of carbonyl (C=O) groups is 2. The molecule has 2 aliphatic rings. The second-order valence-electron chi connectivity index (χ2n) is 3.09. The van der Waals surface area contributed by atoms with E-state index < -0.39 is 12.3 Å². The van der Waals surface area contributed by atoms with Gasteiger partial charge in [-0.2, -0.15) is 0 Å². The maximum absolute atomic E-state index is 11.2. The van der Waals surface area contributed by atoms with Crippen LogP contribution in [0.15, 0.2) is 0 Å². The van der Waals surface area contributed by atoms with Crippen LogP contribution < -0.4 is 5.32 Å². The first-order valence-electron chi connectivity index (χ1n) is 3.97. The molecule has 0 saturated carbocycles. The highest BCUT2D eigenvalue weighted by Crippen LogP contribution is 2.24. The summed E-state index contributed by atoms with van der Waals surface area (Å²) in [4.78, 5) is 23.6. The minimum Gasteiger partial charge on any atom is -0.373 e. The van der Waals surface area contributed by atoms with Crippen molar-refractivity contribution in [2.45, 2.75) is 25.1 Å². The Morgan fingerprint density at radius 2 is 2.17 bits per heavy atom. The number of nitrogens with zero attached hydrogens (tertiary/aromatic N) is 1. The number of hydrogen-bond donors (Lipinski definition) is 2. The van der Waals surface area contributed by atoms with E-state index in [9.17, 15) is 14.7 Å². The lowest BCUT2D eigenvalue weighted by Gasteiger charge is -2.30. The Hall–Kier alpha value is -1.10. The van der Waals surface area contributed by atoms with Gasteiger partial charge in [0.25, 0.3) is 0 Å². The molecular formula is C7H10N2O3. The zero-order chi connectivity index (χ0) is 8.72. The van der Waals surface area contributed by atoms with Crippen molar-refractivity contribution in [1.82, 2.24) is 10.2 Å². The third-order valence-electron chi connectivity index (χ3n) is 2.36. The highest BCUT2D eigenvalue weighted by atomic mass is 16.3. The third-order valence-corrected chi connectivity index (χ3v) is 2.36. The molecule has 0 aromatic rings. The van der Waals surface area contributed by atoms with Crippen LogP contribution in [0, 0.1) is 0 Å². The molecule has 0 aromatic carbocycles. The molecule has 0 bridgehead atoms. The Bertz CT molecular complexity index is 241. The molecule has 2 atom stereocenters. The molecular weight excluding hydrogens is 160 g/mol. The summed E-state index contributed by atoms with van der Waals surface area (Å²) in [5, 5.41) is 11.8. The Balaban J connectivity index is 2.24. The van der Waals surface area contributed by atoms with Crippen molar-refractivity contribution in [1.29, 1.82) is 0 Å². The van der Waals surface area contributed by atoms with Crippen LogP contribution in [0.5, 0.6) is 0 Å². The molecule has 2 amide bonds. The summed E-state index contributed by atoms with van der Waals surface area (Å²) in [5.41, 5.74) is 0. The van der Waals surface area contributed by atoms with Gasteiger partial charge in [-0.05, 0) is 12.8 Å². The van der Waals surface area contributed by atoms with Gasteiger partial charge in [0.1, 0.15) is 12.3 Å². The summed E-state index contributed by atoms with van der Waals surface area (Å²) in [6.07, 6.45) is 0.316. The van der Waals surface area contributed by atoms with Gasteiger partial charge in [-0.1, -0.05) is 0 Å². The second-order valence-corrected chi connectivity index (χ2v) is 3.09. The van der Waals surface area contributed by atoms with Gasteiger partial charge in [0, 0.05) is 0 Å². The minimum absolute atomic E-state index is 0.0202. The summed E-state index contributed by atoms with van der Waals surface area (Å²) in [6.45, 7) is 0.0202. The molecule has 12 heavy (non-hydrogen) atoms. The van der Waals surface area contributed by atoms with Crippen molar-refractivity contribution in [3.05, 3.63) is 0 Å². The first-order chi connectivity index (χ1) is 5.70. The first-order valence-corrected chi connectivity index (χ1v) is 3.97. The maximum Gasteiger partial charge on any atom is 0.244 e. The fourth-order valence-electron chi connectivity index (χ4n) is 1.76. The largest absolute Gasteiger partial charge is 0.373 e. The third kappa shape index (κ3) is 0.896. The topological polar surface area (TPSA) is 69.6 Å². The Morgan fingerprint density at radius 1 is 1.42 bits per heavy atom. The lowest BCUT2D eigenvalue weighted by molar-refractivity contribution is -0.151. The van der Waals surface area contributed by atoms with Gasteiger partial charge < -0.3 is 15.3 Å². The molecule has 2 fully saturated rings. The minimum atomic E-state index is -0.756. The molecule has 0 spiro atoms. The van der Waals surface area contributed by atoms with E-state index in [1.165, 1.54) is 4.90 Å². The molecule has 2 N–H and O–H groups in total. The highest BCUT2D eigenvalue weighted by molar-refractivity contribution is 5.95. The predicted molar refractivity (Wildman–Crippen MR) is 38.9 cm³/mol. The molecule has 5 nitrogen and oxygen atoms in total. The van der Waals surface area contributed by atoms with Crippen molar-refractivity contribution >= 4 is 11.8 Å². The fraction of sp³-hybridized carbons (Fsp3) is 0.714. The van der Waals surface area contributed by atoms with Crippen LogP contribution in [0.3, 0.4) is 0 Å². The van der Waals surface area contributed by atoms with Gasteiger partial charge in [0.2, 0.25) is 11.8 Å². The summed E-state index contributed by atoms with van der Waals surface area (Å²) in [7, 11) is 0. The van der Waals surface area contributed by atoms with Gasteiger partial charge >= 0.3 is 0 Å². The average molecular weight is 170 g/mol. The van der Waals surface area contributed by atoms with Crippen LogP contribution >= 0.6 is 0 Å². The summed E-state index contributed by atoms with van der Waals surface area (Å²) >= 11 is 0. The molecule has 0 aliphatic carbocycles. The van der Waals surface area contributed by atoms with Crippen LogP contribution in [-0.4, -0.2) is 40.6 Å². The molecule has 5 heteroatoms. The standard InChI is InChI=1S/C7H10N2O3/c10-5-2-1-4-7(12)8-3-6(11)9(4)5/h4-5,10H,1-3H2,(H,8,12)/t4-,5?/m0/s1. The number of aliphatic hydroxyl groups is 1. The van der Waals surface area contributed by atoms with Crippen molar-refractivity contribution < 1.29 is 14.7 Å². The Morgan fingerprint density at radius 3 is 2.83 bits per heavy atom. The molecule has 2 saturated heterocycles. The average Bonchev–Trinajstić information content (AvgIpc) is 2.42. The molecule has 0 aromatic heterocycles. The first kappa shape index (κ1) is 7.54. The monoisotopic (exact) mass is 170 g/mol. The van der Waals surface area contributed by atoms with E-state index in [-0.39, 0.29) is 18.4 Å². The van der Waals surface area contributed by atoms with Gasteiger partial charge in [-0.3, -0.25) is 9.59 Å². The molecule has 1 unspecified atom stereocenters. The molecule has 2 rings (SSSR count). The van der Waals surface area contributed by atoms with Gasteiger partial charge in [-0.25, -0.2) is 0 Å². The maximum atomic E-state index is 11.2. The number of piperazine rings is 1. The van der Waals surface area contributed by atoms with Crippen LogP contribution in [0.1, 0.15) is 12.8 Å². The number of amides is 2. The summed E-state index contributed by atoms with van der Waals surface area (Å²) in [5.74, 6) is -0.337. The number of carbonyl (C=O) groups excluding carboxylic acids is 2. The number of rotatable bonds is 0. The Labute approximate surface area is 69.3 Å². The van der Waals surface area contributed by atoms with E-state index >= 15 is 0 Å². The van der Waals surface area contributed by atoms with Crippen molar-refractivity contribution in [3.63, 3.8) is 0 Å². The van der Waals surface area contributed by atoms with E-state index in [1.807, 2.05) is 0 Å². The molecule has 66 valence electrons. The van der Waals surface area contributed by atoms with Crippen molar-refractivity contribution in [2.75, 3.05) is 6.54 Å². The lowest BCUT2D eigenvalue weighted by atomic mass is 10.2. The number of hydrogen-bond acceptors (Lipinski definition) is 3. The Kier molecular flexibility index (Phi) is 1.54. The summed E-state index contributed by atoms with van der Waals surface area (Å²) < 4.78 is 0. The van der Waals surface area contributed by atoms with E-state index in [1.54, 1.807) is 0 Å². The normalized spacial score (nSPS) is 34.9. The number of nitrogens with one attached hydrogen (secondary N) is 1. The van der Waals surface area contributed by atoms with Gasteiger partial charge in [-0.15, -0.1) is 0 Å². The predicted octanol–water partition coefficient (Wildman–Crippen LogP) is -1.57. The van der Waals surface area contributed by atoms with Crippen molar-refractivity contribution in [3.8, 4) is 0 Å². The zero-order valence-electron chi connectivity index (χ0n) is 6.49. The van der Waals surface area contributed by atoms with Crippen LogP contribution in [0.2, 0.25) is 0 Å². The van der Waals surface area contributed by atoms with E-state index in [0.717, 1.165) is 0 Å². The number of aliphatic hydroxyl groups excluding tert-OH is 1. The van der Waals surface area contributed by atoms with Crippen LogP contribution in [0.25, 0.3) is 0 Å². The lowest BCUT2D eigenvalue weighted by Crippen LogP contribution is -2.57. The zero-order valence-corrected chi connectivity index (χ0v) is 6.49. The van der Waals surface area contributed by atoms with Crippen molar-refractivity contribution in [2.24, 2.45) is 0 Å². The molecule has 2 heterocycles.